The summed E-state index contributed by atoms with van der Waals surface area (Å²) in [5.41, 5.74) is 2.28. The number of hydrogen-bond donors (Lipinski definition) is 1. The Bertz CT molecular complexity index is 1340. The highest BCUT2D eigenvalue weighted by atomic mass is 79.9. The number of carbonyl (C=O) groups excluding carboxylic acids is 1. The van der Waals surface area contributed by atoms with Crippen LogP contribution in [0.1, 0.15) is 16.7 Å². The van der Waals surface area contributed by atoms with Gasteiger partial charge in [0.25, 0.3) is 0 Å². The maximum Gasteiger partial charge on any atom is 0.416 e. The van der Waals surface area contributed by atoms with Gasteiger partial charge in [-0.15, -0.1) is 0 Å². The van der Waals surface area contributed by atoms with Gasteiger partial charge >= 0.3 is 16.3 Å². The number of halogens is 4. The van der Waals surface area contributed by atoms with Crippen LogP contribution >= 0.6 is 15.9 Å². The van der Waals surface area contributed by atoms with Crippen LogP contribution < -0.4 is 14.3 Å². The van der Waals surface area contributed by atoms with Crippen molar-refractivity contribution in [1.29, 1.82) is 0 Å². The van der Waals surface area contributed by atoms with Crippen LogP contribution in [0.25, 0.3) is 0 Å². The standard InChI is InChI=1S/C23H18BrF3N2O5S/c1-33-21-11-6-15(12-19(21)24)13-22(30)29-28-14-16-4-2-3-5-20(16)34-35(31,32)18-9-7-17(8-10-18)23(25,26)27/h2-12,14H,13H2,1H3,(H,29,30). The van der Waals surface area contributed by atoms with Crippen molar-refractivity contribution >= 4 is 38.2 Å². The van der Waals surface area contributed by atoms with Crippen LogP contribution in [-0.2, 0) is 27.5 Å². The molecular formula is C23H18BrF3N2O5S. The quantitative estimate of drug-likeness (QED) is 0.235. The molecule has 3 aromatic rings. The van der Waals surface area contributed by atoms with Crippen molar-refractivity contribution in [2.24, 2.45) is 5.10 Å². The average Bonchev–Trinajstić information content (AvgIpc) is 2.80. The number of nitrogens with one attached hydrogen (secondary N) is 1. The molecule has 3 rings (SSSR count). The topological polar surface area (TPSA) is 94.1 Å². The molecule has 0 aliphatic carbocycles. The maximum absolute atomic E-state index is 12.7. The SMILES string of the molecule is COc1ccc(CC(=O)NN=Cc2ccccc2OS(=O)(=O)c2ccc(C(F)(F)F)cc2)cc1Br. The van der Waals surface area contributed by atoms with Crippen molar-refractivity contribution in [3.8, 4) is 11.5 Å². The number of carbonyl (C=O) groups is 1. The second-order valence-corrected chi connectivity index (χ2v) is 9.44. The number of benzene rings is 3. The molecule has 3 aromatic carbocycles. The largest absolute Gasteiger partial charge is 0.496 e. The molecule has 0 aromatic heterocycles. The summed E-state index contributed by atoms with van der Waals surface area (Å²) >= 11 is 3.34. The molecule has 0 spiro atoms. The zero-order chi connectivity index (χ0) is 25.6. The minimum absolute atomic E-state index is 0.0282. The molecule has 1 amide bonds. The van der Waals surface area contributed by atoms with Crippen LogP contribution in [0.3, 0.4) is 0 Å². The Morgan fingerprint density at radius 3 is 2.37 bits per heavy atom. The highest BCUT2D eigenvalue weighted by Gasteiger charge is 2.31. The van der Waals surface area contributed by atoms with Crippen molar-refractivity contribution in [2.75, 3.05) is 7.11 Å². The molecule has 35 heavy (non-hydrogen) atoms. The lowest BCUT2D eigenvalue weighted by atomic mass is 10.1. The monoisotopic (exact) mass is 570 g/mol. The van der Waals surface area contributed by atoms with Gasteiger partial charge in [-0.3, -0.25) is 4.79 Å². The first-order valence-electron chi connectivity index (χ1n) is 9.85. The second kappa shape index (κ2) is 10.9. The van der Waals surface area contributed by atoms with Gasteiger partial charge < -0.3 is 8.92 Å². The van der Waals surface area contributed by atoms with E-state index in [1.165, 1.54) is 31.5 Å². The van der Waals surface area contributed by atoms with E-state index in [1.807, 2.05) is 0 Å². The normalized spacial score (nSPS) is 11.9. The Morgan fingerprint density at radius 1 is 1.06 bits per heavy atom. The molecule has 7 nitrogen and oxygen atoms in total. The van der Waals surface area contributed by atoms with E-state index in [-0.39, 0.29) is 17.7 Å². The van der Waals surface area contributed by atoms with Crippen molar-refractivity contribution in [2.45, 2.75) is 17.5 Å². The lowest BCUT2D eigenvalue weighted by Gasteiger charge is -2.11. The van der Waals surface area contributed by atoms with Crippen molar-refractivity contribution < 1.29 is 35.3 Å². The Kier molecular flexibility index (Phi) is 8.18. The van der Waals surface area contributed by atoms with Gasteiger partial charge in [-0.25, -0.2) is 5.43 Å². The zero-order valence-corrected chi connectivity index (χ0v) is 20.4. The Morgan fingerprint density at radius 2 is 1.74 bits per heavy atom. The van der Waals surface area contributed by atoms with Gasteiger partial charge in [0.15, 0.2) is 5.75 Å². The third kappa shape index (κ3) is 7.06. The van der Waals surface area contributed by atoms with Gasteiger partial charge in [-0.2, -0.15) is 26.7 Å². The predicted molar refractivity (Wildman–Crippen MR) is 126 cm³/mol. The zero-order valence-electron chi connectivity index (χ0n) is 18.0. The first kappa shape index (κ1) is 26.2. The number of rotatable bonds is 8. The second-order valence-electron chi connectivity index (χ2n) is 7.04. The number of nitrogens with zero attached hydrogens (tertiary/aromatic N) is 1. The lowest BCUT2D eigenvalue weighted by Crippen LogP contribution is -2.20. The van der Waals surface area contributed by atoms with E-state index in [9.17, 15) is 26.4 Å². The fraction of sp³-hybridized carbons (Fsp3) is 0.130. The minimum Gasteiger partial charge on any atom is -0.496 e. The smallest absolute Gasteiger partial charge is 0.416 e. The Labute approximate surface area is 207 Å². The van der Waals surface area contributed by atoms with Crippen LogP contribution in [0.15, 0.2) is 81.2 Å². The van der Waals surface area contributed by atoms with E-state index >= 15 is 0 Å². The molecule has 0 saturated carbocycles. The van der Waals surface area contributed by atoms with Crippen LogP contribution in [0.2, 0.25) is 0 Å². The van der Waals surface area contributed by atoms with Gasteiger partial charge in [0.05, 0.1) is 29.8 Å². The van der Waals surface area contributed by atoms with E-state index in [0.29, 0.717) is 27.9 Å². The van der Waals surface area contributed by atoms with E-state index in [1.54, 1.807) is 24.3 Å². The molecular weight excluding hydrogens is 553 g/mol. The van der Waals surface area contributed by atoms with E-state index in [4.69, 9.17) is 8.92 Å². The van der Waals surface area contributed by atoms with Gasteiger partial charge in [0, 0.05) is 5.56 Å². The third-order valence-electron chi connectivity index (χ3n) is 4.56. The number of methoxy groups -OCH3 is 1. The minimum atomic E-state index is -4.60. The van der Waals surface area contributed by atoms with Crippen molar-refractivity contribution in [3.63, 3.8) is 0 Å². The molecule has 0 heterocycles. The lowest BCUT2D eigenvalue weighted by molar-refractivity contribution is -0.137. The fourth-order valence-electron chi connectivity index (χ4n) is 2.86. The van der Waals surface area contributed by atoms with Gasteiger partial charge in [-0.1, -0.05) is 18.2 Å². The highest BCUT2D eigenvalue weighted by molar-refractivity contribution is 9.10. The summed E-state index contributed by atoms with van der Waals surface area (Å²) in [6.07, 6.45) is -3.37. The van der Waals surface area contributed by atoms with Crippen LogP contribution in [0.4, 0.5) is 13.2 Å². The van der Waals surface area contributed by atoms with E-state index in [2.05, 4.69) is 26.5 Å². The number of hydrazone groups is 1. The number of ether oxygens (including phenoxy) is 1. The van der Waals surface area contributed by atoms with Gasteiger partial charge in [0.1, 0.15) is 10.6 Å². The van der Waals surface area contributed by atoms with Gasteiger partial charge in [0.2, 0.25) is 5.91 Å². The molecule has 1 N–H and O–H groups in total. The molecule has 0 saturated heterocycles. The van der Waals surface area contributed by atoms with Crippen LogP contribution in [0, 0.1) is 0 Å². The summed E-state index contributed by atoms with van der Waals surface area (Å²) in [6.45, 7) is 0. The Balaban J connectivity index is 1.68. The first-order chi connectivity index (χ1) is 16.5. The molecule has 184 valence electrons. The molecule has 0 aliphatic heterocycles. The summed E-state index contributed by atoms with van der Waals surface area (Å²) in [4.78, 5) is 11.7. The average molecular weight is 571 g/mol. The predicted octanol–water partition coefficient (Wildman–Crippen LogP) is 4.94. The van der Waals surface area contributed by atoms with Gasteiger partial charge in [-0.05, 0) is 70.0 Å². The third-order valence-corrected chi connectivity index (χ3v) is 6.43. The van der Waals surface area contributed by atoms with Crippen LogP contribution in [0.5, 0.6) is 11.5 Å². The summed E-state index contributed by atoms with van der Waals surface area (Å²) in [5, 5.41) is 3.84. The molecule has 12 heteroatoms. The number of alkyl halides is 3. The van der Waals surface area contributed by atoms with Crippen molar-refractivity contribution in [3.05, 3.63) is 87.9 Å². The Hall–Kier alpha value is -3.38. The van der Waals surface area contributed by atoms with Crippen molar-refractivity contribution in [1.82, 2.24) is 5.43 Å². The number of amides is 1. The summed E-state index contributed by atoms with van der Waals surface area (Å²) in [6, 6.07) is 14.0. The fourth-order valence-corrected chi connectivity index (χ4v) is 4.40. The molecule has 0 bridgehead atoms. The molecule has 0 fully saturated rings. The van der Waals surface area contributed by atoms with E-state index < -0.39 is 32.7 Å². The molecule has 0 atom stereocenters. The molecule has 0 unspecified atom stereocenters. The maximum atomic E-state index is 12.7. The molecule has 0 radical (unpaired) electrons. The highest BCUT2D eigenvalue weighted by Crippen LogP contribution is 2.30. The van der Waals surface area contributed by atoms with Crippen LogP contribution in [-0.4, -0.2) is 27.6 Å². The summed E-state index contributed by atoms with van der Waals surface area (Å²) in [7, 11) is -2.90. The first-order valence-corrected chi connectivity index (χ1v) is 12.0. The summed E-state index contributed by atoms with van der Waals surface area (Å²) in [5.74, 6) is 0.0774. The number of para-hydroxylation sites is 1. The number of hydrogen-bond acceptors (Lipinski definition) is 6. The van der Waals surface area contributed by atoms with E-state index in [0.717, 1.165) is 12.1 Å². The summed E-state index contributed by atoms with van der Waals surface area (Å²) < 4.78 is 74.2. The molecule has 0 aliphatic rings.